The number of aliphatic hydroxyl groups is 1. The van der Waals surface area contributed by atoms with E-state index in [1.54, 1.807) is 12.4 Å². The van der Waals surface area contributed by atoms with Crippen molar-refractivity contribution in [2.24, 2.45) is 5.41 Å². The van der Waals surface area contributed by atoms with Crippen molar-refractivity contribution < 1.29 is 5.11 Å². The van der Waals surface area contributed by atoms with E-state index in [1.807, 2.05) is 19.1 Å². The molecule has 0 spiro atoms. The molecule has 2 aromatic heterocycles. The summed E-state index contributed by atoms with van der Waals surface area (Å²) in [6.07, 6.45) is 4.01. The Morgan fingerprint density at radius 1 is 1.40 bits per heavy atom. The largest absolute Gasteiger partial charge is 0.393 e. The minimum Gasteiger partial charge on any atom is -0.393 e. The molecule has 0 aliphatic carbocycles. The van der Waals surface area contributed by atoms with E-state index in [2.05, 4.69) is 45.1 Å². The molecule has 0 aromatic carbocycles. The molecule has 2 heterocycles. The average Bonchev–Trinajstić information content (AvgIpc) is 2.34. The van der Waals surface area contributed by atoms with Gasteiger partial charge in [-0.05, 0) is 46.8 Å². The highest BCUT2D eigenvalue weighted by Crippen LogP contribution is 2.26. The standard InChI is InChI=1S/C15H20BrN3O/c1-10(20)7-15(2,3)9-19-12-4-5-17-13-6-11(16)8-18-14(12)13/h4-6,8,10,20H,7,9H2,1-3H3,(H,17,19). The highest BCUT2D eigenvalue weighted by molar-refractivity contribution is 9.10. The summed E-state index contributed by atoms with van der Waals surface area (Å²) >= 11 is 3.40. The molecule has 0 amide bonds. The Morgan fingerprint density at radius 2 is 2.15 bits per heavy atom. The smallest absolute Gasteiger partial charge is 0.112 e. The van der Waals surface area contributed by atoms with Crippen LogP contribution < -0.4 is 5.32 Å². The molecule has 1 atom stereocenters. The van der Waals surface area contributed by atoms with Crippen molar-refractivity contribution in [1.29, 1.82) is 0 Å². The molecule has 5 heteroatoms. The lowest BCUT2D eigenvalue weighted by molar-refractivity contribution is 0.135. The van der Waals surface area contributed by atoms with Crippen molar-refractivity contribution in [3.8, 4) is 0 Å². The first-order valence-corrected chi connectivity index (χ1v) is 7.49. The zero-order valence-electron chi connectivity index (χ0n) is 12.0. The topological polar surface area (TPSA) is 58.0 Å². The lowest BCUT2D eigenvalue weighted by Crippen LogP contribution is -2.27. The van der Waals surface area contributed by atoms with Crippen molar-refractivity contribution in [2.75, 3.05) is 11.9 Å². The van der Waals surface area contributed by atoms with E-state index in [9.17, 15) is 5.11 Å². The average molecular weight is 338 g/mol. The van der Waals surface area contributed by atoms with E-state index in [0.717, 1.165) is 34.2 Å². The number of nitrogens with one attached hydrogen (secondary N) is 1. The van der Waals surface area contributed by atoms with E-state index < -0.39 is 0 Å². The number of pyridine rings is 2. The van der Waals surface area contributed by atoms with Gasteiger partial charge in [-0.1, -0.05) is 13.8 Å². The number of aromatic nitrogens is 2. The number of fused-ring (bicyclic) bond motifs is 1. The van der Waals surface area contributed by atoms with E-state index in [-0.39, 0.29) is 11.5 Å². The van der Waals surface area contributed by atoms with Crippen molar-refractivity contribution in [2.45, 2.75) is 33.3 Å². The van der Waals surface area contributed by atoms with Crippen LogP contribution in [0.2, 0.25) is 0 Å². The summed E-state index contributed by atoms with van der Waals surface area (Å²) in [6.45, 7) is 6.87. The van der Waals surface area contributed by atoms with Crippen LogP contribution in [-0.2, 0) is 0 Å². The van der Waals surface area contributed by atoms with E-state index in [1.165, 1.54) is 0 Å². The summed E-state index contributed by atoms with van der Waals surface area (Å²) in [4.78, 5) is 8.74. The summed E-state index contributed by atoms with van der Waals surface area (Å²) in [5.74, 6) is 0. The third-order valence-corrected chi connectivity index (χ3v) is 3.58. The predicted octanol–water partition coefficient (Wildman–Crippen LogP) is 3.60. The Bertz CT molecular complexity index is 599. The first-order valence-electron chi connectivity index (χ1n) is 6.70. The Morgan fingerprint density at radius 3 is 2.85 bits per heavy atom. The molecule has 0 bridgehead atoms. The van der Waals surface area contributed by atoms with Crippen LogP contribution in [-0.4, -0.2) is 27.7 Å². The summed E-state index contributed by atoms with van der Waals surface area (Å²) in [6, 6.07) is 3.89. The molecular formula is C15H20BrN3O. The van der Waals surface area contributed by atoms with Crippen LogP contribution in [0.1, 0.15) is 27.2 Å². The summed E-state index contributed by atoms with van der Waals surface area (Å²) in [5, 5.41) is 13.0. The zero-order valence-corrected chi connectivity index (χ0v) is 13.6. The molecular weight excluding hydrogens is 318 g/mol. The predicted molar refractivity (Wildman–Crippen MR) is 85.8 cm³/mol. The fourth-order valence-corrected chi connectivity index (χ4v) is 2.67. The summed E-state index contributed by atoms with van der Waals surface area (Å²) in [7, 11) is 0. The van der Waals surface area contributed by atoms with Gasteiger partial charge in [0.15, 0.2) is 0 Å². The lowest BCUT2D eigenvalue weighted by Gasteiger charge is -2.27. The fraction of sp³-hybridized carbons (Fsp3) is 0.467. The zero-order chi connectivity index (χ0) is 14.8. The Labute approximate surface area is 127 Å². The van der Waals surface area contributed by atoms with Gasteiger partial charge in [-0.2, -0.15) is 0 Å². The van der Waals surface area contributed by atoms with Gasteiger partial charge in [-0.15, -0.1) is 0 Å². The molecule has 0 saturated heterocycles. The van der Waals surface area contributed by atoms with Crippen LogP contribution in [0.25, 0.3) is 11.0 Å². The molecule has 1 unspecified atom stereocenters. The maximum Gasteiger partial charge on any atom is 0.112 e. The Hall–Kier alpha value is -1.20. The Balaban J connectivity index is 2.18. The minimum absolute atomic E-state index is 0.0130. The van der Waals surface area contributed by atoms with Crippen molar-refractivity contribution in [3.05, 3.63) is 29.0 Å². The fourth-order valence-electron chi connectivity index (χ4n) is 2.35. The maximum atomic E-state index is 9.53. The maximum absolute atomic E-state index is 9.53. The number of nitrogens with zero attached hydrogens (tertiary/aromatic N) is 2. The third kappa shape index (κ3) is 3.90. The molecule has 108 valence electrons. The first kappa shape index (κ1) is 15.2. The molecule has 20 heavy (non-hydrogen) atoms. The number of aliphatic hydroxyl groups excluding tert-OH is 1. The van der Waals surface area contributed by atoms with Gasteiger partial charge in [0.2, 0.25) is 0 Å². The van der Waals surface area contributed by atoms with Gasteiger partial charge in [0, 0.05) is 23.4 Å². The van der Waals surface area contributed by atoms with Gasteiger partial charge >= 0.3 is 0 Å². The number of halogens is 1. The Kier molecular flexibility index (Phi) is 4.60. The number of hydrogen-bond acceptors (Lipinski definition) is 4. The van der Waals surface area contributed by atoms with Crippen LogP contribution in [0.3, 0.4) is 0 Å². The van der Waals surface area contributed by atoms with E-state index in [4.69, 9.17) is 0 Å². The van der Waals surface area contributed by atoms with Gasteiger partial charge in [0.25, 0.3) is 0 Å². The second kappa shape index (κ2) is 6.06. The monoisotopic (exact) mass is 337 g/mol. The van der Waals surface area contributed by atoms with Crippen LogP contribution in [0.5, 0.6) is 0 Å². The highest BCUT2D eigenvalue weighted by atomic mass is 79.9. The molecule has 4 nitrogen and oxygen atoms in total. The summed E-state index contributed by atoms with van der Waals surface area (Å²) < 4.78 is 0.920. The van der Waals surface area contributed by atoms with Gasteiger partial charge in [-0.25, -0.2) is 0 Å². The summed E-state index contributed by atoms with van der Waals surface area (Å²) in [5.41, 5.74) is 2.71. The SMILES string of the molecule is CC(O)CC(C)(C)CNc1ccnc2cc(Br)cnc12. The van der Waals surface area contributed by atoms with Gasteiger partial charge in [0.05, 0.1) is 17.3 Å². The number of anilines is 1. The number of rotatable bonds is 5. The van der Waals surface area contributed by atoms with Gasteiger partial charge in [-0.3, -0.25) is 9.97 Å². The molecule has 0 aliphatic heterocycles. The van der Waals surface area contributed by atoms with E-state index in [0.29, 0.717) is 0 Å². The molecule has 0 saturated carbocycles. The van der Waals surface area contributed by atoms with Crippen LogP contribution in [0.15, 0.2) is 29.0 Å². The second-order valence-corrected chi connectivity index (χ2v) is 6.87. The molecule has 0 radical (unpaired) electrons. The molecule has 0 fully saturated rings. The van der Waals surface area contributed by atoms with Crippen molar-refractivity contribution in [3.63, 3.8) is 0 Å². The van der Waals surface area contributed by atoms with E-state index >= 15 is 0 Å². The van der Waals surface area contributed by atoms with Crippen LogP contribution in [0, 0.1) is 5.41 Å². The van der Waals surface area contributed by atoms with Gasteiger partial charge in [0.1, 0.15) is 5.52 Å². The molecule has 0 aliphatic rings. The van der Waals surface area contributed by atoms with Crippen molar-refractivity contribution >= 4 is 32.7 Å². The second-order valence-electron chi connectivity index (χ2n) is 5.95. The van der Waals surface area contributed by atoms with Crippen LogP contribution >= 0.6 is 15.9 Å². The van der Waals surface area contributed by atoms with Gasteiger partial charge < -0.3 is 10.4 Å². The first-order chi connectivity index (χ1) is 9.37. The normalized spacial score (nSPS) is 13.4. The van der Waals surface area contributed by atoms with Crippen LogP contribution in [0.4, 0.5) is 5.69 Å². The third-order valence-electron chi connectivity index (χ3n) is 3.15. The molecule has 2 rings (SSSR count). The number of hydrogen-bond donors (Lipinski definition) is 2. The molecule has 2 N–H and O–H groups in total. The minimum atomic E-state index is -0.296. The molecule has 2 aromatic rings. The van der Waals surface area contributed by atoms with Crippen molar-refractivity contribution in [1.82, 2.24) is 9.97 Å². The quantitative estimate of drug-likeness (QED) is 0.875. The lowest BCUT2D eigenvalue weighted by atomic mass is 9.87. The highest BCUT2D eigenvalue weighted by Gasteiger charge is 2.20.